The number of nitrogens with one attached hydrogen (secondary N) is 2. The van der Waals surface area contributed by atoms with Crippen molar-refractivity contribution in [2.45, 2.75) is 52.1 Å². The molecule has 2 aliphatic rings. The molecule has 8 heteroatoms. The minimum absolute atomic E-state index is 0. The maximum atomic E-state index is 14.1. The third-order valence-electron chi connectivity index (χ3n) is 5.92. The molecule has 0 aliphatic carbocycles. The molecule has 0 radical (unpaired) electrons. The number of likely N-dealkylation sites (tertiary alicyclic amines) is 1. The number of nitrogens with zero attached hydrogens (tertiary/aromatic N) is 3. The Balaban J connectivity index is 0.00000320. The minimum atomic E-state index is -0.502. The lowest BCUT2D eigenvalue weighted by Gasteiger charge is -2.35. The van der Waals surface area contributed by atoms with E-state index in [-0.39, 0.29) is 35.7 Å². The van der Waals surface area contributed by atoms with E-state index < -0.39 is 11.6 Å². The Morgan fingerprint density at radius 3 is 2.57 bits per heavy atom. The summed E-state index contributed by atoms with van der Waals surface area (Å²) in [7, 11) is 0. The topological polar surface area (TPSA) is 42.9 Å². The van der Waals surface area contributed by atoms with E-state index in [9.17, 15) is 8.78 Å². The fraction of sp³-hybridized carbons (Fsp3) is 0.682. The first-order chi connectivity index (χ1) is 14.0. The number of para-hydroxylation sites is 1. The van der Waals surface area contributed by atoms with Crippen LogP contribution in [0.25, 0.3) is 0 Å². The van der Waals surface area contributed by atoms with Gasteiger partial charge in [0.1, 0.15) is 17.3 Å². The maximum absolute atomic E-state index is 14.1. The van der Waals surface area contributed by atoms with Crippen LogP contribution in [0, 0.1) is 17.6 Å². The standard InChI is InChI=1S/C22H35F2N5.HI/c1-4-25-22(26-13-17-7-6-11-28(14-17)16(2)3)27-18-10-12-29(15-18)21-19(23)8-5-9-20(21)24;/h5,8-9,16-18H,4,6-7,10-15H2,1-3H3,(H2,25,26,27);1H. The van der Waals surface area contributed by atoms with Gasteiger partial charge in [-0.25, -0.2) is 8.78 Å². The van der Waals surface area contributed by atoms with Crippen LogP contribution < -0.4 is 15.5 Å². The van der Waals surface area contributed by atoms with E-state index in [1.54, 1.807) is 4.90 Å². The van der Waals surface area contributed by atoms with Crippen molar-refractivity contribution in [3.63, 3.8) is 0 Å². The zero-order valence-electron chi connectivity index (χ0n) is 18.3. The van der Waals surface area contributed by atoms with Crippen molar-refractivity contribution in [3.8, 4) is 0 Å². The Bertz CT molecular complexity index is 680. The highest BCUT2D eigenvalue weighted by atomic mass is 127. The summed E-state index contributed by atoms with van der Waals surface area (Å²) in [6.07, 6.45) is 3.27. The first-order valence-electron chi connectivity index (χ1n) is 11.0. The number of hydrogen-bond acceptors (Lipinski definition) is 3. The lowest BCUT2D eigenvalue weighted by atomic mass is 9.97. The van der Waals surface area contributed by atoms with E-state index in [2.05, 4.69) is 29.4 Å². The van der Waals surface area contributed by atoms with E-state index in [1.165, 1.54) is 37.6 Å². The Kier molecular flexibility index (Phi) is 10.1. The average molecular weight is 535 g/mol. The molecule has 2 saturated heterocycles. The first kappa shape index (κ1) is 25.1. The molecule has 1 aromatic carbocycles. The zero-order chi connectivity index (χ0) is 20.8. The normalized spacial score (nSPS) is 22.9. The molecule has 2 fully saturated rings. The van der Waals surface area contributed by atoms with Crippen LogP contribution in [0.4, 0.5) is 14.5 Å². The van der Waals surface area contributed by atoms with Crippen molar-refractivity contribution >= 4 is 35.6 Å². The van der Waals surface area contributed by atoms with Gasteiger partial charge in [0, 0.05) is 44.8 Å². The van der Waals surface area contributed by atoms with Crippen molar-refractivity contribution in [2.75, 3.05) is 44.2 Å². The molecule has 0 bridgehead atoms. The van der Waals surface area contributed by atoms with Gasteiger partial charge in [-0.2, -0.15) is 0 Å². The monoisotopic (exact) mass is 535 g/mol. The highest BCUT2D eigenvalue weighted by molar-refractivity contribution is 14.0. The van der Waals surface area contributed by atoms with E-state index in [0.29, 0.717) is 25.0 Å². The summed E-state index contributed by atoms with van der Waals surface area (Å²) in [5.74, 6) is 0.376. The molecule has 5 nitrogen and oxygen atoms in total. The van der Waals surface area contributed by atoms with Gasteiger partial charge in [-0.15, -0.1) is 24.0 Å². The van der Waals surface area contributed by atoms with Crippen LogP contribution in [0.1, 0.15) is 40.0 Å². The molecule has 2 unspecified atom stereocenters. The fourth-order valence-corrected chi connectivity index (χ4v) is 4.32. The van der Waals surface area contributed by atoms with Crippen LogP contribution in [0.15, 0.2) is 23.2 Å². The van der Waals surface area contributed by atoms with Crippen LogP contribution in [0.5, 0.6) is 0 Å². The lowest BCUT2D eigenvalue weighted by Crippen LogP contribution is -2.45. The van der Waals surface area contributed by atoms with E-state index in [1.807, 2.05) is 6.92 Å². The fourth-order valence-electron chi connectivity index (χ4n) is 4.32. The molecule has 0 spiro atoms. The Morgan fingerprint density at radius 1 is 1.17 bits per heavy atom. The van der Waals surface area contributed by atoms with Crippen molar-refractivity contribution < 1.29 is 8.78 Å². The van der Waals surface area contributed by atoms with Gasteiger partial charge in [0.15, 0.2) is 5.96 Å². The van der Waals surface area contributed by atoms with Gasteiger partial charge in [-0.3, -0.25) is 4.99 Å². The van der Waals surface area contributed by atoms with Gasteiger partial charge in [0.05, 0.1) is 0 Å². The number of benzene rings is 1. The number of aliphatic imine (C=N–C) groups is 1. The maximum Gasteiger partial charge on any atom is 0.191 e. The SMILES string of the molecule is CCNC(=NCC1CCCN(C(C)C)C1)NC1CCN(c2c(F)cccc2F)C1.I. The number of halogens is 3. The second-order valence-electron chi connectivity index (χ2n) is 8.46. The van der Waals surface area contributed by atoms with E-state index in [0.717, 1.165) is 32.0 Å². The number of rotatable bonds is 6. The second-order valence-corrected chi connectivity index (χ2v) is 8.46. The summed E-state index contributed by atoms with van der Waals surface area (Å²) in [4.78, 5) is 9.14. The third-order valence-corrected chi connectivity index (χ3v) is 5.92. The largest absolute Gasteiger partial charge is 0.365 e. The summed E-state index contributed by atoms with van der Waals surface area (Å²) in [5.41, 5.74) is 0.0784. The molecule has 0 amide bonds. The molecule has 30 heavy (non-hydrogen) atoms. The number of guanidine groups is 1. The highest BCUT2D eigenvalue weighted by Crippen LogP contribution is 2.26. The summed E-state index contributed by atoms with van der Waals surface area (Å²) in [6.45, 7) is 11.6. The summed E-state index contributed by atoms with van der Waals surface area (Å²) >= 11 is 0. The molecule has 2 heterocycles. The number of hydrogen-bond donors (Lipinski definition) is 2. The molecule has 3 rings (SSSR count). The van der Waals surface area contributed by atoms with Crippen molar-refractivity contribution in [2.24, 2.45) is 10.9 Å². The first-order valence-corrected chi connectivity index (χ1v) is 11.0. The number of piperidine rings is 1. The Hall–Kier alpha value is -1.16. The molecule has 2 atom stereocenters. The van der Waals surface area contributed by atoms with Gasteiger partial charge >= 0.3 is 0 Å². The van der Waals surface area contributed by atoms with Crippen LogP contribution in [0.3, 0.4) is 0 Å². The summed E-state index contributed by atoms with van der Waals surface area (Å²) < 4.78 is 28.2. The number of anilines is 1. The van der Waals surface area contributed by atoms with E-state index in [4.69, 9.17) is 4.99 Å². The predicted octanol–water partition coefficient (Wildman–Crippen LogP) is 3.84. The molecule has 0 saturated carbocycles. The zero-order valence-corrected chi connectivity index (χ0v) is 20.7. The quantitative estimate of drug-likeness (QED) is 0.330. The predicted molar refractivity (Wildman–Crippen MR) is 131 cm³/mol. The Morgan fingerprint density at radius 2 is 1.90 bits per heavy atom. The smallest absolute Gasteiger partial charge is 0.191 e. The van der Waals surface area contributed by atoms with Crippen LogP contribution in [-0.2, 0) is 0 Å². The van der Waals surface area contributed by atoms with Crippen molar-refractivity contribution in [1.29, 1.82) is 0 Å². The van der Waals surface area contributed by atoms with Crippen molar-refractivity contribution in [1.82, 2.24) is 15.5 Å². The van der Waals surface area contributed by atoms with Crippen LogP contribution in [0.2, 0.25) is 0 Å². The van der Waals surface area contributed by atoms with Gasteiger partial charge in [0.25, 0.3) is 0 Å². The molecule has 170 valence electrons. The summed E-state index contributed by atoms with van der Waals surface area (Å²) in [6, 6.07) is 4.73. The summed E-state index contributed by atoms with van der Waals surface area (Å²) in [5, 5.41) is 6.79. The van der Waals surface area contributed by atoms with Gasteiger partial charge in [0.2, 0.25) is 0 Å². The highest BCUT2D eigenvalue weighted by Gasteiger charge is 2.27. The molecule has 2 aliphatic heterocycles. The molecule has 1 aromatic rings. The van der Waals surface area contributed by atoms with Crippen LogP contribution in [-0.4, -0.2) is 62.2 Å². The Labute approximate surface area is 196 Å². The van der Waals surface area contributed by atoms with Crippen LogP contribution >= 0.6 is 24.0 Å². The van der Waals surface area contributed by atoms with Gasteiger partial charge in [-0.1, -0.05) is 6.07 Å². The molecular formula is C22H36F2IN5. The van der Waals surface area contributed by atoms with Gasteiger partial charge < -0.3 is 20.4 Å². The average Bonchev–Trinajstić information content (AvgIpc) is 3.14. The minimum Gasteiger partial charge on any atom is -0.365 e. The molecule has 2 N–H and O–H groups in total. The van der Waals surface area contributed by atoms with Crippen molar-refractivity contribution in [3.05, 3.63) is 29.8 Å². The van der Waals surface area contributed by atoms with E-state index >= 15 is 0 Å². The second kappa shape index (κ2) is 12.0. The third kappa shape index (κ3) is 6.67. The van der Waals surface area contributed by atoms with Gasteiger partial charge in [-0.05, 0) is 64.6 Å². The molecule has 0 aromatic heterocycles. The molecular weight excluding hydrogens is 499 g/mol. The lowest BCUT2D eigenvalue weighted by molar-refractivity contribution is 0.143.